The van der Waals surface area contributed by atoms with Crippen LogP contribution in [0.5, 0.6) is 0 Å². The molecule has 1 saturated carbocycles. The molecule has 0 amide bonds. The second-order valence-corrected chi connectivity index (χ2v) is 7.75. The number of nitrogens with one attached hydrogen (secondary N) is 1. The number of hydrogen-bond acceptors (Lipinski definition) is 3. The highest BCUT2D eigenvalue weighted by molar-refractivity contribution is 7.89. The normalized spacial score (nSPS) is 15.6. The van der Waals surface area contributed by atoms with Gasteiger partial charge in [-0.25, -0.2) is 8.42 Å². The van der Waals surface area contributed by atoms with Crippen LogP contribution in [0.1, 0.15) is 38.2 Å². The molecule has 0 spiro atoms. The smallest absolute Gasteiger partial charge is 0.243 e. The lowest BCUT2D eigenvalue weighted by molar-refractivity contribution is 0.464. The molecule has 4 nitrogen and oxygen atoms in total. The van der Waals surface area contributed by atoms with Crippen molar-refractivity contribution in [2.24, 2.45) is 0 Å². The van der Waals surface area contributed by atoms with Crippen LogP contribution in [0.2, 0.25) is 0 Å². The molecule has 2 rings (SSSR count). The van der Waals surface area contributed by atoms with E-state index in [-0.39, 0.29) is 6.04 Å². The van der Waals surface area contributed by atoms with Crippen molar-refractivity contribution >= 4 is 10.0 Å². The predicted molar refractivity (Wildman–Crippen MR) is 85.9 cm³/mol. The molecular formula is C16H26N2O2S. The highest BCUT2D eigenvalue weighted by atomic mass is 32.2. The van der Waals surface area contributed by atoms with Gasteiger partial charge in [-0.1, -0.05) is 19.1 Å². The van der Waals surface area contributed by atoms with Crippen LogP contribution < -0.4 is 5.32 Å². The van der Waals surface area contributed by atoms with E-state index in [9.17, 15) is 8.42 Å². The number of benzene rings is 1. The fourth-order valence-corrected chi connectivity index (χ4v) is 3.76. The Hall–Kier alpha value is -0.910. The Morgan fingerprint density at radius 2 is 1.86 bits per heavy atom. The standard InChI is InChI=1S/C16H26N2O2S/c1-3-12-17-13-4-5-14-6-10-16(11-7-14)21(19,20)18(2)15-8-9-15/h6-7,10-11,15,17H,3-5,8-9,12-13H2,1-2H3. The molecule has 1 N–H and O–H groups in total. The van der Waals surface area contributed by atoms with E-state index in [1.54, 1.807) is 19.2 Å². The number of nitrogens with zero attached hydrogens (tertiary/aromatic N) is 1. The zero-order valence-corrected chi connectivity index (χ0v) is 13.8. The van der Waals surface area contributed by atoms with Gasteiger partial charge in [0.2, 0.25) is 10.0 Å². The third kappa shape index (κ3) is 4.53. The van der Waals surface area contributed by atoms with Crippen LogP contribution in [-0.4, -0.2) is 38.9 Å². The fourth-order valence-electron chi connectivity index (χ4n) is 2.35. The Morgan fingerprint density at radius 1 is 1.19 bits per heavy atom. The molecule has 118 valence electrons. The van der Waals surface area contributed by atoms with Gasteiger partial charge in [-0.2, -0.15) is 4.31 Å². The zero-order chi connectivity index (χ0) is 15.3. The quantitative estimate of drug-likeness (QED) is 0.713. The first-order valence-electron chi connectivity index (χ1n) is 7.83. The highest BCUT2D eigenvalue weighted by Crippen LogP contribution is 2.30. The van der Waals surface area contributed by atoms with Gasteiger partial charge in [0.1, 0.15) is 0 Å². The summed E-state index contributed by atoms with van der Waals surface area (Å²) < 4.78 is 26.3. The van der Waals surface area contributed by atoms with E-state index in [0.717, 1.165) is 45.2 Å². The number of rotatable bonds is 9. The van der Waals surface area contributed by atoms with Crippen molar-refractivity contribution < 1.29 is 8.42 Å². The van der Waals surface area contributed by atoms with Gasteiger partial charge < -0.3 is 5.32 Å². The zero-order valence-electron chi connectivity index (χ0n) is 13.0. The Bertz CT molecular complexity index is 536. The minimum absolute atomic E-state index is 0.208. The Morgan fingerprint density at radius 3 is 2.43 bits per heavy atom. The minimum Gasteiger partial charge on any atom is -0.317 e. The molecule has 1 aromatic rings. The monoisotopic (exact) mass is 310 g/mol. The Balaban J connectivity index is 1.89. The first kappa shape index (κ1) is 16.5. The summed E-state index contributed by atoms with van der Waals surface area (Å²) >= 11 is 0. The van der Waals surface area contributed by atoms with Crippen LogP contribution in [0.25, 0.3) is 0 Å². The first-order chi connectivity index (χ1) is 10.1. The molecule has 0 aliphatic heterocycles. The van der Waals surface area contributed by atoms with Gasteiger partial charge in [0.05, 0.1) is 4.90 Å². The maximum atomic E-state index is 12.4. The average molecular weight is 310 g/mol. The van der Waals surface area contributed by atoms with Crippen molar-refractivity contribution in [2.75, 3.05) is 20.1 Å². The van der Waals surface area contributed by atoms with Gasteiger partial charge in [-0.05, 0) is 62.9 Å². The third-order valence-electron chi connectivity index (χ3n) is 3.91. The molecule has 0 saturated heterocycles. The predicted octanol–water partition coefficient (Wildman–Crippen LogP) is 2.40. The van der Waals surface area contributed by atoms with Crippen LogP contribution in [0.15, 0.2) is 29.2 Å². The Kier molecular flexibility index (Phi) is 5.79. The van der Waals surface area contributed by atoms with Gasteiger partial charge in [0.15, 0.2) is 0 Å². The lowest BCUT2D eigenvalue weighted by Gasteiger charge is -2.16. The van der Waals surface area contributed by atoms with Crippen molar-refractivity contribution in [2.45, 2.75) is 50.0 Å². The van der Waals surface area contributed by atoms with E-state index in [2.05, 4.69) is 12.2 Å². The second kappa shape index (κ2) is 7.38. The molecule has 0 heterocycles. The molecule has 0 atom stereocenters. The maximum Gasteiger partial charge on any atom is 0.243 e. The van der Waals surface area contributed by atoms with E-state index >= 15 is 0 Å². The van der Waals surface area contributed by atoms with Crippen molar-refractivity contribution in [3.8, 4) is 0 Å². The molecule has 1 fully saturated rings. The maximum absolute atomic E-state index is 12.4. The molecule has 1 aliphatic carbocycles. The molecule has 0 radical (unpaired) electrons. The summed E-state index contributed by atoms with van der Waals surface area (Å²) in [6.45, 7) is 4.23. The highest BCUT2D eigenvalue weighted by Gasteiger charge is 2.34. The largest absolute Gasteiger partial charge is 0.317 e. The van der Waals surface area contributed by atoms with Crippen LogP contribution >= 0.6 is 0 Å². The van der Waals surface area contributed by atoms with Crippen molar-refractivity contribution in [3.63, 3.8) is 0 Å². The second-order valence-electron chi connectivity index (χ2n) is 5.75. The summed E-state index contributed by atoms with van der Waals surface area (Å²) in [5.74, 6) is 0. The summed E-state index contributed by atoms with van der Waals surface area (Å²) in [6, 6.07) is 7.56. The van der Waals surface area contributed by atoms with Gasteiger partial charge in [0, 0.05) is 13.1 Å². The minimum atomic E-state index is -3.30. The van der Waals surface area contributed by atoms with Gasteiger partial charge in [-0.15, -0.1) is 0 Å². The summed E-state index contributed by atoms with van der Waals surface area (Å²) in [6.07, 6.45) is 5.18. The summed E-state index contributed by atoms with van der Waals surface area (Å²) in [7, 11) is -1.62. The van der Waals surface area contributed by atoms with Crippen LogP contribution in [0.4, 0.5) is 0 Å². The van der Waals surface area contributed by atoms with Crippen molar-refractivity contribution in [1.29, 1.82) is 0 Å². The summed E-state index contributed by atoms with van der Waals surface area (Å²) in [4.78, 5) is 0.407. The van der Waals surface area contributed by atoms with Crippen LogP contribution in [0, 0.1) is 0 Å². The molecule has 0 bridgehead atoms. The molecule has 1 aliphatic rings. The van der Waals surface area contributed by atoms with Crippen LogP contribution in [0.3, 0.4) is 0 Å². The fraction of sp³-hybridized carbons (Fsp3) is 0.625. The number of hydrogen-bond donors (Lipinski definition) is 1. The first-order valence-corrected chi connectivity index (χ1v) is 9.27. The topological polar surface area (TPSA) is 49.4 Å². The summed E-state index contributed by atoms with van der Waals surface area (Å²) in [5.41, 5.74) is 1.20. The molecule has 0 aromatic heterocycles. The molecule has 5 heteroatoms. The summed E-state index contributed by atoms with van der Waals surface area (Å²) in [5, 5.41) is 3.37. The average Bonchev–Trinajstić information content (AvgIpc) is 3.31. The SMILES string of the molecule is CCCNCCCc1ccc(S(=O)(=O)N(C)C2CC2)cc1. The molecule has 21 heavy (non-hydrogen) atoms. The van der Waals surface area contributed by atoms with E-state index in [4.69, 9.17) is 0 Å². The van der Waals surface area contributed by atoms with Gasteiger partial charge >= 0.3 is 0 Å². The van der Waals surface area contributed by atoms with E-state index in [0.29, 0.717) is 4.90 Å². The number of aryl methyl sites for hydroxylation is 1. The van der Waals surface area contributed by atoms with Crippen LogP contribution in [-0.2, 0) is 16.4 Å². The van der Waals surface area contributed by atoms with E-state index in [1.807, 2.05) is 12.1 Å². The third-order valence-corrected chi connectivity index (χ3v) is 5.83. The van der Waals surface area contributed by atoms with Gasteiger partial charge in [-0.3, -0.25) is 0 Å². The van der Waals surface area contributed by atoms with E-state index in [1.165, 1.54) is 9.87 Å². The molecular weight excluding hydrogens is 284 g/mol. The molecule has 1 aromatic carbocycles. The number of sulfonamides is 1. The van der Waals surface area contributed by atoms with Gasteiger partial charge in [0.25, 0.3) is 0 Å². The van der Waals surface area contributed by atoms with Crippen molar-refractivity contribution in [3.05, 3.63) is 29.8 Å². The lowest BCUT2D eigenvalue weighted by Crippen LogP contribution is -2.28. The molecule has 0 unspecified atom stereocenters. The van der Waals surface area contributed by atoms with Crippen molar-refractivity contribution in [1.82, 2.24) is 9.62 Å². The Labute approximate surface area is 128 Å². The van der Waals surface area contributed by atoms with E-state index < -0.39 is 10.0 Å². The lowest BCUT2D eigenvalue weighted by atomic mass is 10.1.